The fourth-order valence-electron chi connectivity index (χ4n) is 6.93. The highest BCUT2D eigenvalue weighted by Gasteiger charge is 2.13. The van der Waals surface area contributed by atoms with Gasteiger partial charge < -0.3 is 0 Å². The smallest absolute Gasteiger partial charge is 0.0716 e. The van der Waals surface area contributed by atoms with Crippen LogP contribution in [0.25, 0.3) is 55.9 Å². The van der Waals surface area contributed by atoms with Crippen molar-refractivity contribution in [3.05, 3.63) is 198 Å². The van der Waals surface area contributed by atoms with Crippen molar-refractivity contribution in [3.63, 3.8) is 0 Å². The predicted molar refractivity (Wildman–Crippen MR) is 216 cm³/mol. The number of aliphatic imine (C=N–C) groups is 2. The van der Waals surface area contributed by atoms with Gasteiger partial charge in [-0.1, -0.05) is 152 Å². The molecule has 0 aliphatic heterocycles. The first-order chi connectivity index (χ1) is 25.2. The summed E-state index contributed by atoms with van der Waals surface area (Å²) in [6, 6.07) is 51.3. The number of pyridine rings is 1. The molecule has 7 aromatic rings. The number of fused-ring (bicyclic) bond motifs is 2. The van der Waals surface area contributed by atoms with Crippen molar-refractivity contribution in [1.82, 2.24) is 4.98 Å². The topological polar surface area (TPSA) is 37.6 Å². The second-order valence-electron chi connectivity index (χ2n) is 12.8. The monoisotopic (exact) mass is 655 g/mol. The third-order valence-corrected chi connectivity index (χ3v) is 9.62. The highest BCUT2D eigenvalue weighted by atomic mass is 14.8. The Morgan fingerprint density at radius 2 is 1.35 bits per heavy atom. The minimum absolute atomic E-state index is 0.522. The second kappa shape index (κ2) is 14.6. The van der Waals surface area contributed by atoms with Gasteiger partial charge in [-0.25, -0.2) is 0 Å². The number of hydrogen-bond acceptors (Lipinski definition) is 3. The van der Waals surface area contributed by atoms with Crippen LogP contribution in [0.3, 0.4) is 0 Å². The van der Waals surface area contributed by atoms with Gasteiger partial charge in [-0.05, 0) is 92.5 Å². The molecule has 8 rings (SSSR count). The average molecular weight is 656 g/mol. The second-order valence-corrected chi connectivity index (χ2v) is 12.8. The van der Waals surface area contributed by atoms with Crippen molar-refractivity contribution in [2.75, 3.05) is 0 Å². The van der Waals surface area contributed by atoms with Crippen molar-refractivity contribution in [2.24, 2.45) is 9.98 Å². The van der Waals surface area contributed by atoms with Crippen LogP contribution in [-0.2, 0) is 13.0 Å². The lowest BCUT2D eigenvalue weighted by Gasteiger charge is -2.15. The highest BCUT2D eigenvalue weighted by Crippen LogP contribution is 2.32. The molecule has 1 aromatic heterocycles. The molecule has 0 spiro atoms. The molecule has 51 heavy (non-hydrogen) atoms. The molecule has 3 nitrogen and oxygen atoms in total. The zero-order valence-electron chi connectivity index (χ0n) is 28.4. The van der Waals surface area contributed by atoms with E-state index in [4.69, 9.17) is 4.99 Å². The summed E-state index contributed by atoms with van der Waals surface area (Å²) in [5, 5.41) is 2.48. The molecule has 0 unspecified atom stereocenters. The van der Waals surface area contributed by atoms with Gasteiger partial charge in [0.15, 0.2) is 0 Å². The standard InChI is InChI=1S/C48H37N3/c1-49-47(39-27-23-38(24-28-39)46-33-50-32-42-15-6-8-19-45(42)46)30-48(40-25-21-36(22-26-40)35-12-3-2-4-13-35)51-31-34-11-9-17-41(29-34)44-20-10-16-37-14-5-7-18-43(37)44/h2-5,7-14,16-30,32-33H,1,6,15,31H2/b47-30-,51-48?. The van der Waals surface area contributed by atoms with Crippen LogP contribution in [0.1, 0.15) is 34.2 Å². The average Bonchev–Trinajstić information content (AvgIpc) is 3.21. The minimum atomic E-state index is 0.522. The molecule has 1 aliphatic rings. The van der Waals surface area contributed by atoms with Crippen LogP contribution in [0.5, 0.6) is 0 Å². The molecule has 1 aliphatic carbocycles. The van der Waals surface area contributed by atoms with E-state index in [0.29, 0.717) is 6.54 Å². The Hall–Kier alpha value is -6.45. The van der Waals surface area contributed by atoms with Crippen molar-refractivity contribution in [2.45, 2.75) is 19.4 Å². The van der Waals surface area contributed by atoms with Gasteiger partial charge in [0.2, 0.25) is 0 Å². The molecular weight excluding hydrogens is 619 g/mol. The van der Waals surface area contributed by atoms with E-state index in [9.17, 15) is 0 Å². The Kier molecular flexibility index (Phi) is 9.09. The first-order valence-corrected chi connectivity index (χ1v) is 17.4. The number of benzene rings is 6. The zero-order valence-corrected chi connectivity index (χ0v) is 28.4. The van der Waals surface area contributed by atoms with Crippen LogP contribution >= 0.6 is 0 Å². The number of hydrogen-bond donors (Lipinski definition) is 0. The van der Waals surface area contributed by atoms with Gasteiger partial charge in [0.05, 0.1) is 18.0 Å². The molecule has 0 N–H and O–H groups in total. The summed E-state index contributed by atoms with van der Waals surface area (Å²) in [6.07, 6.45) is 12.6. The maximum Gasteiger partial charge on any atom is 0.0716 e. The molecule has 3 heteroatoms. The first-order valence-electron chi connectivity index (χ1n) is 17.4. The molecule has 0 radical (unpaired) electrons. The van der Waals surface area contributed by atoms with Crippen molar-refractivity contribution < 1.29 is 0 Å². The Bertz CT molecular complexity index is 2430. The van der Waals surface area contributed by atoms with Crippen molar-refractivity contribution >= 4 is 35.0 Å². The Morgan fingerprint density at radius 3 is 2.20 bits per heavy atom. The summed E-state index contributed by atoms with van der Waals surface area (Å²) in [5.74, 6) is 0. The third-order valence-electron chi connectivity index (χ3n) is 9.62. The van der Waals surface area contributed by atoms with E-state index >= 15 is 0 Å². The molecule has 0 saturated heterocycles. The largest absolute Gasteiger partial charge is 0.280 e. The summed E-state index contributed by atoms with van der Waals surface area (Å²) in [5.41, 5.74) is 14.4. The first kappa shape index (κ1) is 31.8. The van der Waals surface area contributed by atoms with E-state index in [1.54, 1.807) is 0 Å². The SMILES string of the molecule is C=N/C(=C\C(=NCc1cccc(-c2cccc3ccccc23)c1)c1ccc(-c2ccccc2)cc1)c1ccc(-c2cncc3c2C=CCC3)cc1. The van der Waals surface area contributed by atoms with Crippen LogP contribution in [0.15, 0.2) is 180 Å². The summed E-state index contributed by atoms with van der Waals surface area (Å²) >= 11 is 0. The van der Waals surface area contributed by atoms with Crippen LogP contribution in [0.4, 0.5) is 0 Å². The van der Waals surface area contributed by atoms with Crippen LogP contribution in [-0.4, -0.2) is 17.4 Å². The Morgan fingerprint density at radius 1 is 0.647 bits per heavy atom. The van der Waals surface area contributed by atoms with E-state index in [1.807, 2.05) is 18.5 Å². The molecule has 0 saturated carbocycles. The third kappa shape index (κ3) is 6.88. The lowest BCUT2D eigenvalue weighted by molar-refractivity contribution is 0.972. The van der Waals surface area contributed by atoms with Gasteiger partial charge in [-0.3, -0.25) is 15.0 Å². The normalized spacial score (nSPS) is 12.9. The maximum atomic E-state index is 5.23. The highest BCUT2D eigenvalue weighted by molar-refractivity contribution is 6.12. The molecule has 0 amide bonds. The lowest BCUT2D eigenvalue weighted by Crippen LogP contribution is -2.00. The minimum Gasteiger partial charge on any atom is -0.280 e. The van der Waals surface area contributed by atoms with E-state index in [0.717, 1.165) is 57.6 Å². The summed E-state index contributed by atoms with van der Waals surface area (Å²) in [7, 11) is 0. The summed E-state index contributed by atoms with van der Waals surface area (Å²) < 4.78 is 0. The molecule has 0 bridgehead atoms. The van der Waals surface area contributed by atoms with E-state index in [1.165, 1.54) is 38.6 Å². The molecule has 0 fully saturated rings. The number of nitrogens with zero attached hydrogens (tertiary/aromatic N) is 3. The molecule has 244 valence electrons. The lowest BCUT2D eigenvalue weighted by atomic mass is 9.92. The summed E-state index contributed by atoms with van der Waals surface area (Å²) in [4.78, 5) is 14.3. The van der Waals surface area contributed by atoms with E-state index < -0.39 is 0 Å². The predicted octanol–water partition coefficient (Wildman–Crippen LogP) is 11.9. The number of aryl methyl sites for hydroxylation is 1. The van der Waals surface area contributed by atoms with Crippen LogP contribution < -0.4 is 0 Å². The number of aromatic nitrogens is 1. The van der Waals surface area contributed by atoms with E-state index in [2.05, 4.69) is 174 Å². The fraction of sp³-hybridized carbons (Fsp3) is 0.0625. The molecular formula is C48H37N3. The molecule has 0 atom stereocenters. The van der Waals surface area contributed by atoms with Gasteiger partial charge in [0.1, 0.15) is 0 Å². The Labute approximate surface area is 299 Å². The van der Waals surface area contributed by atoms with Gasteiger partial charge in [0.25, 0.3) is 0 Å². The van der Waals surface area contributed by atoms with Crippen molar-refractivity contribution in [3.8, 4) is 33.4 Å². The number of allylic oxidation sites excluding steroid dienone is 2. The van der Waals surface area contributed by atoms with Crippen LogP contribution in [0.2, 0.25) is 0 Å². The summed E-state index contributed by atoms with van der Waals surface area (Å²) in [6.45, 7) is 4.49. The maximum absolute atomic E-state index is 5.23. The Balaban J connectivity index is 1.14. The zero-order chi connectivity index (χ0) is 34.4. The van der Waals surface area contributed by atoms with Gasteiger partial charge in [0, 0.05) is 23.5 Å². The van der Waals surface area contributed by atoms with Gasteiger partial charge in [-0.2, -0.15) is 0 Å². The van der Waals surface area contributed by atoms with Crippen molar-refractivity contribution in [1.29, 1.82) is 0 Å². The van der Waals surface area contributed by atoms with Crippen LogP contribution in [0, 0.1) is 0 Å². The van der Waals surface area contributed by atoms with Gasteiger partial charge in [-0.15, -0.1) is 0 Å². The molecule has 1 heterocycles. The fourth-order valence-corrected chi connectivity index (χ4v) is 6.93. The quantitative estimate of drug-likeness (QED) is 0.143. The number of rotatable bonds is 9. The van der Waals surface area contributed by atoms with E-state index in [-0.39, 0.29) is 0 Å². The molecule has 6 aromatic carbocycles. The van der Waals surface area contributed by atoms with Gasteiger partial charge >= 0.3 is 0 Å².